The van der Waals surface area contributed by atoms with Gasteiger partial charge in [0.15, 0.2) is 0 Å². The van der Waals surface area contributed by atoms with E-state index in [0.717, 1.165) is 43.3 Å². The Bertz CT molecular complexity index is 1040. The molecule has 2 aromatic heterocycles. The van der Waals surface area contributed by atoms with Gasteiger partial charge in [-0.05, 0) is 43.3 Å². The van der Waals surface area contributed by atoms with Gasteiger partial charge in [0.2, 0.25) is 0 Å². The lowest BCUT2D eigenvalue weighted by molar-refractivity contribution is 1.05. The summed E-state index contributed by atoms with van der Waals surface area (Å²) in [6.45, 7) is 1.99. The summed E-state index contributed by atoms with van der Waals surface area (Å²) in [6.07, 6.45) is 0. The van der Waals surface area contributed by atoms with Crippen LogP contribution in [0.3, 0.4) is 0 Å². The molecule has 0 aliphatic heterocycles. The molecular formula is C16H11BrClN3. The van der Waals surface area contributed by atoms with Crippen LogP contribution >= 0.6 is 27.5 Å². The quantitative estimate of drug-likeness (QED) is 0.482. The number of hydrogen-bond donors (Lipinski definition) is 1. The Morgan fingerprint density at radius 3 is 2.76 bits per heavy atom. The van der Waals surface area contributed by atoms with E-state index in [1.165, 1.54) is 0 Å². The van der Waals surface area contributed by atoms with Crippen LogP contribution in [0.15, 0.2) is 40.9 Å². The Balaban J connectivity index is 2.37. The lowest BCUT2D eigenvalue weighted by Crippen LogP contribution is -1.97. The average Bonchev–Trinajstić information content (AvgIpc) is 2.74. The molecule has 104 valence electrons. The molecule has 0 fully saturated rings. The molecule has 2 aromatic carbocycles. The predicted octanol–water partition coefficient (Wildman–Crippen LogP) is 4.95. The summed E-state index contributed by atoms with van der Waals surface area (Å²) in [5.41, 5.74) is 10.1. The average molecular weight is 361 g/mol. The van der Waals surface area contributed by atoms with Crippen molar-refractivity contribution in [1.82, 2.24) is 9.38 Å². The van der Waals surface area contributed by atoms with Crippen molar-refractivity contribution in [3.63, 3.8) is 0 Å². The van der Waals surface area contributed by atoms with E-state index >= 15 is 0 Å². The summed E-state index contributed by atoms with van der Waals surface area (Å²) >= 11 is 9.65. The van der Waals surface area contributed by atoms with Gasteiger partial charge in [-0.1, -0.05) is 27.5 Å². The molecule has 4 aromatic rings. The summed E-state index contributed by atoms with van der Waals surface area (Å²) < 4.78 is 3.10. The number of fused-ring (bicyclic) bond motifs is 5. The van der Waals surface area contributed by atoms with Crippen molar-refractivity contribution in [3.05, 3.63) is 51.7 Å². The SMILES string of the molecule is Cc1nc2ccc(Cl)cc2c2c(N)c3cc(Br)ccc3n12. The third kappa shape index (κ3) is 1.76. The zero-order valence-corrected chi connectivity index (χ0v) is 13.5. The van der Waals surface area contributed by atoms with E-state index in [4.69, 9.17) is 17.3 Å². The van der Waals surface area contributed by atoms with Crippen LogP contribution in [0, 0.1) is 6.92 Å². The van der Waals surface area contributed by atoms with Crippen LogP contribution in [0.2, 0.25) is 5.02 Å². The van der Waals surface area contributed by atoms with Crippen LogP contribution in [0.5, 0.6) is 0 Å². The maximum Gasteiger partial charge on any atom is 0.111 e. The van der Waals surface area contributed by atoms with Gasteiger partial charge in [-0.2, -0.15) is 0 Å². The first kappa shape index (κ1) is 12.9. The van der Waals surface area contributed by atoms with Crippen LogP contribution in [0.4, 0.5) is 5.69 Å². The number of anilines is 1. The third-order valence-corrected chi connectivity index (χ3v) is 4.52. The minimum absolute atomic E-state index is 0.681. The highest BCUT2D eigenvalue weighted by Gasteiger charge is 2.15. The molecule has 0 atom stereocenters. The van der Waals surface area contributed by atoms with Gasteiger partial charge in [-0.3, -0.25) is 4.40 Å². The lowest BCUT2D eigenvalue weighted by atomic mass is 10.2. The Morgan fingerprint density at radius 2 is 1.95 bits per heavy atom. The number of nitrogens with two attached hydrogens (primary N) is 1. The summed E-state index contributed by atoms with van der Waals surface area (Å²) in [5.74, 6) is 0.906. The monoisotopic (exact) mass is 359 g/mol. The molecule has 0 radical (unpaired) electrons. The fraction of sp³-hybridized carbons (Fsp3) is 0.0625. The van der Waals surface area contributed by atoms with Gasteiger partial charge >= 0.3 is 0 Å². The first-order chi connectivity index (χ1) is 10.1. The van der Waals surface area contributed by atoms with E-state index in [0.29, 0.717) is 5.02 Å². The molecule has 0 aliphatic carbocycles. The second-order valence-corrected chi connectivity index (χ2v) is 6.43. The Labute approximate surface area is 134 Å². The van der Waals surface area contributed by atoms with Crippen LogP contribution in [-0.2, 0) is 0 Å². The third-order valence-electron chi connectivity index (χ3n) is 3.79. The zero-order valence-electron chi connectivity index (χ0n) is 11.2. The van der Waals surface area contributed by atoms with Gasteiger partial charge in [-0.25, -0.2) is 4.98 Å². The Morgan fingerprint density at radius 1 is 1.14 bits per heavy atom. The molecule has 0 amide bonds. The molecule has 2 N–H and O–H groups in total. The number of halogens is 2. The summed E-state index contributed by atoms with van der Waals surface area (Å²) in [5, 5.41) is 2.67. The zero-order chi connectivity index (χ0) is 14.7. The molecule has 0 saturated carbocycles. The van der Waals surface area contributed by atoms with Crippen molar-refractivity contribution in [3.8, 4) is 0 Å². The Kier molecular flexibility index (Phi) is 2.68. The smallest absolute Gasteiger partial charge is 0.111 e. The highest BCUT2D eigenvalue weighted by molar-refractivity contribution is 9.10. The second kappa shape index (κ2) is 4.36. The second-order valence-electron chi connectivity index (χ2n) is 5.08. The molecule has 0 aliphatic rings. The fourth-order valence-electron chi connectivity index (χ4n) is 2.91. The summed E-state index contributed by atoms with van der Waals surface area (Å²) in [4.78, 5) is 4.67. The molecule has 0 spiro atoms. The number of hydrogen-bond acceptors (Lipinski definition) is 2. The highest BCUT2D eigenvalue weighted by atomic mass is 79.9. The van der Waals surface area contributed by atoms with E-state index in [1.807, 2.05) is 43.3 Å². The largest absolute Gasteiger partial charge is 0.396 e. The van der Waals surface area contributed by atoms with Crippen molar-refractivity contribution >= 4 is 60.5 Å². The highest BCUT2D eigenvalue weighted by Crippen LogP contribution is 2.36. The summed E-state index contributed by atoms with van der Waals surface area (Å²) in [7, 11) is 0. The molecule has 0 bridgehead atoms. The number of rotatable bonds is 0. The van der Waals surface area contributed by atoms with Crippen LogP contribution in [0.25, 0.3) is 27.3 Å². The van der Waals surface area contributed by atoms with Crippen molar-refractivity contribution in [1.29, 1.82) is 0 Å². The number of nitrogen functional groups attached to an aromatic ring is 1. The number of aryl methyl sites for hydroxylation is 1. The molecule has 5 heteroatoms. The van der Waals surface area contributed by atoms with Gasteiger partial charge in [-0.15, -0.1) is 0 Å². The van der Waals surface area contributed by atoms with Crippen LogP contribution in [-0.4, -0.2) is 9.38 Å². The number of benzene rings is 2. The standard InChI is InChI=1S/C16H11BrClN3/c1-8-20-13-4-3-10(18)7-11(13)16-15(19)12-6-9(17)2-5-14(12)21(8)16/h2-7H,19H2,1H3. The maximum absolute atomic E-state index is 6.42. The normalized spacial score (nSPS) is 11.8. The van der Waals surface area contributed by atoms with Crippen molar-refractivity contribution in [2.75, 3.05) is 5.73 Å². The molecule has 2 heterocycles. The molecule has 0 saturated heterocycles. The molecule has 4 rings (SSSR count). The van der Waals surface area contributed by atoms with Gasteiger partial charge in [0.05, 0.1) is 22.2 Å². The first-order valence-electron chi connectivity index (χ1n) is 6.51. The van der Waals surface area contributed by atoms with Crippen molar-refractivity contribution in [2.45, 2.75) is 6.92 Å². The van der Waals surface area contributed by atoms with Crippen LogP contribution in [0.1, 0.15) is 5.82 Å². The molecule has 21 heavy (non-hydrogen) atoms. The first-order valence-corrected chi connectivity index (χ1v) is 7.68. The van der Waals surface area contributed by atoms with Gasteiger partial charge in [0.25, 0.3) is 0 Å². The topological polar surface area (TPSA) is 43.3 Å². The minimum Gasteiger partial charge on any atom is -0.396 e. The van der Waals surface area contributed by atoms with Gasteiger partial charge in [0.1, 0.15) is 5.82 Å². The van der Waals surface area contributed by atoms with E-state index in [-0.39, 0.29) is 0 Å². The van der Waals surface area contributed by atoms with E-state index in [9.17, 15) is 0 Å². The predicted molar refractivity (Wildman–Crippen MR) is 92.1 cm³/mol. The van der Waals surface area contributed by atoms with Crippen molar-refractivity contribution in [2.24, 2.45) is 0 Å². The van der Waals surface area contributed by atoms with E-state index < -0.39 is 0 Å². The van der Waals surface area contributed by atoms with Gasteiger partial charge < -0.3 is 5.73 Å². The van der Waals surface area contributed by atoms with E-state index in [1.54, 1.807) is 0 Å². The number of nitrogens with zero attached hydrogens (tertiary/aromatic N) is 2. The van der Waals surface area contributed by atoms with Gasteiger partial charge in [0, 0.05) is 20.3 Å². The van der Waals surface area contributed by atoms with Crippen molar-refractivity contribution < 1.29 is 0 Å². The van der Waals surface area contributed by atoms with E-state index in [2.05, 4.69) is 25.3 Å². The molecule has 3 nitrogen and oxygen atoms in total. The lowest BCUT2D eigenvalue weighted by Gasteiger charge is -2.07. The minimum atomic E-state index is 0.681. The number of aromatic nitrogens is 2. The molecule has 0 unspecified atom stereocenters. The van der Waals surface area contributed by atoms with Crippen LogP contribution < -0.4 is 5.73 Å². The fourth-order valence-corrected chi connectivity index (χ4v) is 3.44. The summed E-state index contributed by atoms with van der Waals surface area (Å²) in [6, 6.07) is 11.8. The Hall–Kier alpha value is -1.78. The molecular weight excluding hydrogens is 350 g/mol. The maximum atomic E-state index is 6.42.